The fraction of sp³-hybridized carbons (Fsp3) is 0.267. The first-order chi connectivity index (χ1) is 9.02. The van der Waals surface area contributed by atoms with E-state index in [2.05, 4.69) is 4.98 Å². The largest absolute Gasteiger partial charge is 0.396 e. The Hall–Kier alpha value is -2.10. The molecule has 0 saturated carbocycles. The van der Waals surface area contributed by atoms with Crippen LogP contribution in [-0.4, -0.2) is 12.0 Å². The van der Waals surface area contributed by atoms with E-state index in [1.54, 1.807) is 18.3 Å². The second-order valence-corrected chi connectivity index (χ2v) is 4.67. The fourth-order valence-corrected chi connectivity index (χ4v) is 2.04. The number of aryl methyl sites for hydroxylation is 1. The van der Waals surface area contributed by atoms with Crippen molar-refractivity contribution in [1.82, 2.24) is 4.98 Å². The third kappa shape index (κ3) is 2.52. The topological polar surface area (TPSA) is 42.2 Å². The van der Waals surface area contributed by atoms with Gasteiger partial charge < -0.3 is 10.6 Å². The predicted octanol–water partition coefficient (Wildman–Crippen LogP) is 3.31. The minimum atomic E-state index is -0.215. The fourth-order valence-electron chi connectivity index (χ4n) is 2.04. The quantitative estimate of drug-likeness (QED) is 0.919. The van der Waals surface area contributed by atoms with E-state index in [-0.39, 0.29) is 11.9 Å². The number of hydrogen-bond acceptors (Lipinski definition) is 3. The lowest BCUT2D eigenvalue weighted by atomic mass is 10.1. The first-order valence-corrected chi connectivity index (χ1v) is 6.20. The minimum absolute atomic E-state index is 0.141. The van der Waals surface area contributed by atoms with Crippen molar-refractivity contribution < 1.29 is 4.39 Å². The van der Waals surface area contributed by atoms with Crippen molar-refractivity contribution in [1.29, 1.82) is 0 Å². The van der Waals surface area contributed by atoms with Gasteiger partial charge in [0, 0.05) is 18.8 Å². The van der Waals surface area contributed by atoms with Crippen molar-refractivity contribution in [2.45, 2.75) is 19.9 Å². The molecular weight excluding hydrogens is 241 g/mol. The molecule has 1 aromatic heterocycles. The van der Waals surface area contributed by atoms with Crippen molar-refractivity contribution in [2.75, 3.05) is 17.7 Å². The molecule has 3 nitrogen and oxygen atoms in total. The number of aromatic nitrogens is 1. The van der Waals surface area contributed by atoms with Crippen LogP contribution in [-0.2, 0) is 0 Å². The lowest BCUT2D eigenvalue weighted by molar-refractivity contribution is 0.584. The van der Waals surface area contributed by atoms with Crippen LogP contribution in [0.1, 0.15) is 24.1 Å². The Morgan fingerprint density at radius 1 is 1.26 bits per heavy atom. The number of nitrogens with zero attached hydrogens (tertiary/aromatic N) is 2. The molecular formula is C15H18FN3. The van der Waals surface area contributed by atoms with Gasteiger partial charge in [0.25, 0.3) is 0 Å². The van der Waals surface area contributed by atoms with Crippen molar-refractivity contribution in [3.63, 3.8) is 0 Å². The van der Waals surface area contributed by atoms with Gasteiger partial charge in [-0.3, -0.25) is 0 Å². The number of nitrogen functional groups attached to an aromatic ring is 1. The van der Waals surface area contributed by atoms with E-state index in [9.17, 15) is 4.39 Å². The van der Waals surface area contributed by atoms with Crippen LogP contribution in [0.5, 0.6) is 0 Å². The van der Waals surface area contributed by atoms with Gasteiger partial charge in [0.2, 0.25) is 0 Å². The van der Waals surface area contributed by atoms with E-state index >= 15 is 0 Å². The third-order valence-electron chi connectivity index (χ3n) is 3.46. The van der Waals surface area contributed by atoms with Gasteiger partial charge in [-0.1, -0.05) is 18.2 Å². The number of halogens is 1. The number of nitrogens with two attached hydrogens (primary N) is 1. The van der Waals surface area contributed by atoms with Gasteiger partial charge in [0.15, 0.2) is 5.82 Å². The van der Waals surface area contributed by atoms with Gasteiger partial charge in [0.1, 0.15) is 5.82 Å². The molecule has 0 radical (unpaired) electrons. The average molecular weight is 259 g/mol. The first kappa shape index (κ1) is 13.3. The van der Waals surface area contributed by atoms with E-state index in [4.69, 9.17) is 5.73 Å². The van der Waals surface area contributed by atoms with Crippen molar-refractivity contribution in [3.8, 4) is 0 Å². The Bertz CT molecular complexity index is 583. The zero-order valence-electron chi connectivity index (χ0n) is 11.4. The van der Waals surface area contributed by atoms with Gasteiger partial charge in [-0.15, -0.1) is 0 Å². The normalized spacial score (nSPS) is 12.2. The van der Waals surface area contributed by atoms with Crippen LogP contribution in [0, 0.1) is 12.7 Å². The Labute approximate surface area is 112 Å². The molecule has 1 aromatic carbocycles. The monoisotopic (exact) mass is 259 g/mol. The molecule has 19 heavy (non-hydrogen) atoms. The maximum atomic E-state index is 13.8. The molecule has 1 atom stereocenters. The highest BCUT2D eigenvalue weighted by Crippen LogP contribution is 2.30. The van der Waals surface area contributed by atoms with Crippen molar-refractivity contribution in [2.24, 2.45) is 0 Å². The summed E-state index contributed by atoms with van der Waals surface area (Å²) in [6, 6.07) is 8.48. The molecule has 2 N–H and O–H groups in total. The molecule has 2 rings (SSSR count). The molecule has 0 fully saturated rings. The number of hydrogen-bond donors (Lipinski definition) is 1. The van der Waals surface area contributed by atoms with Crippen LogP contribution in [0.4, 0.5) is 15.9 Å². The number of rotatable bonds is 3. The molecule has 2 aromatic rings. The zero-order chi connectivity index (χ0) is 14.0. The summed E-state index contributed by atoms with van der Waals surface area (Å²) in [4.78, 5) is 6.18. The van der Waals surface area contributed by atoms with E-state index in [0.29, 0.717) is 17.1 Å². The Kier molecular flexibility index (Phi) is 3.69. The summed E-state index contributed by atoms with van der Waals surface area (Å²) in [5.74, 6) is 0.462. The summed E-state index contributed by atoms with van der Waals surface area (Å²) < 4.78 is 13.8. The van der Waals surface area contributed by atoms with Gasteiger partial charge >= 0.3 is 0 Å². The Morgan fingerprint density at radius 3 is 2.63 bits per heavy atom. The van der Waals surface area contributed by atoms with E-state index in [0.717, 1.165) is 5.56 Å². The van der Waals surface area contributed by atoms with E-state index in [1.165, 1.54) is 6.07 Å². The van der Waals surface area contributed by atoms with Crippen molar-refractivity contribution >= 4 is 11.5 Å². The second kappa shape index (κ2) is 5.26. The molecule has 0 spiro atoms. The smallest absolute Gasteiger partial charge is 0.152 e. The molecule has 1 heterocycles. The van der Waals surface area contributed by atoms with Crippen LogP contribution in [0.25, 0.3) is 0 Å². The Balaban J connectivity index is 2.37. The molecule has 1 unspecified atom stereocenters. The summed E-state index contributed by atoms with van der Waals surface area (Å²) in [6.07, 6.45) is 1.71. The van der Waals surface area contributed by atoms with Gasteiger partial charge in [0.05, 0.1) is 11.7 Å². The molecule has 0 saturated heterocycles. The van der Waals surface area contributed by atoms with Gasteiger partial charge in [-0.25, -0.2) is 9.37 Å². The van der Waals surface area contributed by atoms with Crippen LogP contribution < -0.4 is 10.6 Å². The van der Waals surface area contributed by atoms with Crippen molar-refractivity contribution in [3.05, 3.63) is 53.5 Å². The summed E-state index contributed by atoms with van der Waals surface area (Å²) in [7, 11) is 1.87. The Morgan fingerprint density at radius 2 is 1.95 bits per heavy atom. The minimum Gasteiger partial charge on any atom is -0.396 e. The van der Waals surface area contributed by atoms with E-state index < -0.39 is 0 Å². The maximum absolute atomic E-state index is 13.8. The highest BCUT2D eigenvalue weighted by Gasteiger charge is 2.18. The summed E-state index contributed by atoms with van der Waals surface area (Å²) in [5.41, 5.74) is 8.27. The van der Waals surface area contributed by atoms with E-state index in [1.807, 2.05) is 37.9 Å². The molecule has 0 amide bonds. The first-order valence-electron chi connectivity index (χ1n) is 6.20. The highest BCUT2D eigenvalue weighted by molar-refractivity contribution is 5.66. The summed E-state index contributed by atoms with van der Waals surface area (Å²) in [6.45, 7) is 3.87. The van der Waals surface area contributed by atoms with Gasteiger partial charge in [-0.2, -0.15) is 0 Å². The molecule has 100 valence electrons. The molecule has 0 aliphatic carbocycles. The van der Waals surface area contributed by atoms with Crippen LogP contribution >= 0.6 is 0 Å². The standard InChI is InChI=1S/C15H18FN3/c1-10-8-9-18-15(14(10)17)19(3)11(2)12-6-4-5-7-13(12)16/h4-9,11H,17H2,1-3H3. The number of anilines is 2. The number of pyridine rings is 1. The zero-order valence-corrected chi connectivity index (χ0v) is 11.4. The number of benzene rings is 1. The highest BCUT2D eigenvalue weighted by atomic mass is 19.1. The lowest BCUT2D eigenvalue weighted by Gasteiger charge is -2.28. The van der Waals surface area contributed by atoms with Crippen LogP contribution in [0.15, 0.2) is 36.5 Å². The average Bonchev–Trinajstić information content (AvgIpc) is 2.41. The second-order valence-electron chi connectivity index (χ2n) is 4.67. The maximum Gasteiger partial charge on any atom is 0.152 e. The molecule has 0 aliphatic rings. The molecule has 0 bridgehead atoms. The SMILES string of the molecule is Cc1ccnc(N(C)C(C)c2ccccc2F)c1N. The van der Waals surface area contributed by atoms with Crippen LogP contribution in [0.3, 0.4) is 0 Å². The molecule has 0 aliphatic heterocycles. The molecule has 4 heteroatoms. The predicted molar refractivity (Wildman–Crippen MR) is 76.6 cm³/mol. The lowest BCUT2D eigenvalue weighted by Crippen LogP contribution is -2.24. The van der Waals surface area contributed by atoms with Gasteiger partial charge in [-0.05, 0) is 31.5 Å². The summed E-state index contributed by atoms with van der Waals surface area (Å²) in [5, 5.41) is 0. The summed E-state index contributed by atoms with van der Waals surface area (Å²) >= 11 is 0. The van der Waals surface area contributed by atoms with Crippen LogP contribution in [0.2, 0.25) is 0 Å². The third-order valence-corrected chi connectivity index (χ3v) is 3.46.